The Bertz CT molecular complexity index is 690. The van der Waals surface area contributed by atoms with Gasteiger partial charge in [0.1, 0.15) is 0 Å². The molecular weight excluding hydrogens is 516 g/mol. The lowest BCUT2D eigenvalue weighted by Gasteiger charge is -2.52. The zero-order valence-corrected chi connectivity index (χ0v) is 18.0. The molecule has 3 rings (SSSR count). The molecule has 1 aliphatic heterocycles. The molecule has 0 bridgehead atoms. The van der Waals surface area contributed by atoms with Crippen molar-refractivity contribution in [2.24, 2.45) is 17.3 Å². The van der Waals surface area contributed by atoms with Gasteiger partial charge in [-0.3, -0.25) is 0 Å². The first-order valence-electron chi connectivity index (χ1n) is 11.0. The number of aliphatic hydroxyl groups excluding tert-OH is 1. The third-order valence-electron chi connectivity index (χ3n) is 7.64. The lowest BCUT2D eigenvalue weighted by atomic mass is 9.57. The van der Waals surface area contributed by atoms with Crippen molar-refractivity contribution in [3.8, 4) is 0 Å². The van der Waals surface area contributed by atoms with Gasteiger partial charge in [-0.1, -0.05) is 0 Å². The van der Waals surface area contributed by atoms with E-state index in [1.165, 1.54) is 0 Å². The van der Waals surface area contributed by atoms with Gasteiger partial charge in [-0.2, -0.15) is 52.7 Å². The summed E-state index contributed by atoms with van der Waals surface area (Å²) < 4.78 is 171. The van der Waals surface area contributed by atoms with E-state index in [0.29, 0.717) is 0 Å². The Hall–Kier alpha value is -0.960. The van der Waals surface area contributed by atoms with E-state index in [1.54, 1.807) is 0 Å². The SMILES string of the molecule is OC1CCC(C(C2CCC(OC3CC(C(F)(F)F)(C(F)(F)F)O3)CC2)(C(F)(F)F)C(F)(F)F)CC1. The molecule has 0 aromatic heterocycles. The Morgan fingerprint density at radius 1 is 0.629 bits per heavy atom. The summed E-state index contributed by atoms with van der Waals surface area (Å²) in [4.78, 5) is 0. The number of rotatable bonds is 4. The van der Waals surface area contributed by atoms with Gasteiger partial charge in [0.25, 0.3) is 5.60 Å². The minimum absolute atomic E-state index is 0.212. The van der Waals surface area contributed by atoms with Crippen LogP contribution in [0.25, 0.3) is 0 Å². The summed E-state index contributed by atoms with van der Waals surface area (Å²) in [6.45, 7) is 0. The summed E-state index contributed by atoms with van der Waals surface area (Å²) in [6, 6.07) is 0. The first-order valence-corrected chi connectivity index (χ1v) is 11.0. The smallest absolute Gasteiger partial charge is 0.393 e. The van der Waals surface area contributed by atoms with Crippen LogP contribution in [-0.2, 0) is 9.47 Å². The molecule has 3 aliphatic rings. The molecule has 2 saturated carbocycles. The summed E-state index contributed by atoms with van der Waals surface area (Å²) in [5, 5.41) is 9.56. The van der Waals surface area contributed by atoms with Crippen molar-refractivity contribution >= 4 is 0 Å². The minimum Gasteiger partial charge on any atom is -0.393 e. The Balaban J connectivity index is 1.71. The highest BCUT2D eigenvalue weighted by atomic mass is 19.4. The van der Waals surface area contributed by atoms with Gasteiger partial charge >= 0.3 is 24.7 Å². The second-order valence-electron chi connectivity index (χ2n) is 9.55. The predicted octanol–water partition coefficient (Wildman–Crippen LogP) is 6.83. The molecule has 0 aromatic carbocycles. The molecule has 3 fully saturated rings. The fourth-order valence-electron chi connectivity index (χ4n) is 5.87. The van der Waals surface area contributed by atoms with Gasteiger partial charge in [0, 0.05) is 6.42 Å². The second-order valence-corrected chi connectivity index (χ2v) is 9.55. The maximum Gasteiger partial charge on any atom is 0.426 e. The molecule has 15 heteroatoms. The molecule has 1 atom stereocenters. The van der Waals surface area contributed by atoms with Gasteiger partial charge in [-0.05, 0) is 63.2 Å². The van der Waals surface area contributed by atoms with Gasteiger partial charge in [0.05, 0.1) is 12.2 Å². The molecule has 2 aliphatic carbocycles. The summed E-state index contributed by atoms with van der Waals surface area (Å²) >= 11 is 0. The Kier molecular flexibility index (Phi) is 7.44. The standard InChI is InChI=1S/C20H24F12O3/c21-17(22,23)15(18(24,25)26)9-14(35-15)34-13-7-3-11(4-8-13)16(19(27,28)29,20(30,31)32)10-1-5-12(33)6-2-10/h10-14,33H,1-9H2. The van der Waals surface area contributed by atoms with E-state index in [1.807, 2.05) is 0 Å². The van der Waals surface area contributed by atoms with Crippen LogP contribution in [0.4, 0.5) is 52.7 Å². The summed E-state index contributed by atoms with van der Waals surface area (Å²) in [7, 11) is 0. The van der Waals surface area contributed by atoms with Crippen LogP contribution in [0, 0.1) is 17.3 Å². The van der Waals surface area contributed by atoms with Crippen molar-refractivity contribution in [3.63, 3.8) is 0 Å². The average molecular weight is 540 g/mol. The van der Waals surface area contributed by atoms with Crippen molar-refractivity contribution in [1.82, 2.24) is 0 Å². The highest BCUT2D eigenvalue weighted by Gasteiger charge is 2.79. The van der Waals surface area contributed by atoms with Crippen molar-refractivity contribution in [1.29, 1.82) is 0 Å². The van der Waals surface area contributed by atoms with Crippen LogP contribution in [0.3, 0.4) is 0 Å². The largest absolute Gasteiger partial charge is 0.426 e. The molecule has 35 heavy (non-hydrogen) atoms. The summed E-state index contributed by atoms with van der Waals surface area (Å²) in [5.74, 6) is -3.73. The first kappa shape index (κ1) is 28.6. The van der Waals surface area contributed by atoms with Crippen molar-refractivity contribution in [2.45, 2.75) is 107 Å². The monoisotopic (exact) mass is 540 g/mol. The molecule has 1 saturated heterocycles. The number of halogens is 12. The maximum absolute atomic E-state index is 14.2. The van der Waals surface area contributed by atoms with Crippen LogP contribution < -0.4 is 0 Å². The normalized spacial score (nSPS) is 33.3. The van der Waals surface area contributed by atoms with Crippen molar-refractivity contribution < 1.29 is 67.3 Å². The number of ether oxygens (including phenoxy) is 2. The molecule has 0 radical (unpaired) electrons. The fraction of sp³-hybridized carbons (Fsp3) is 1.00. The van der Waals surface area contributed by atoms with Gasteiger partial charge < -0.3 is 14.6 Å². The van der Waals surface area contributed by atoms with Crippen molar-refractivity contribution in [3.05, 3.63) is 0 Å². The highest BCUT2D eigenvalue weighted by molar-refractivity contribution is 5.06. The van der Waals surface area contributed by atoms with Crippen molar-refractivity contribution in [2.75, 3.05) is 0 Å². The van der Waals surface area contributed by atoms with Crippen LogP contribution in [0.5, 0.6) is 0 Å². The average Bonchev–Trinajstić information content (AvgIpc) is 2.63. The van der Waals surface area contributed by atoms with E-state index in [4.69, 9.17) is 4.74 Å². The van der Waals surface area contributed by atoms with Crippen LogP contribution >= 0.6 is 0 Å². The van der Waals surface area contributed by atoms with E-state index in [0.717, 1.165) is 0 Å². The third-order valence-corrected chi connectivity index (χ3v) is 7.64. The lowest BCUT2D eigenvalue weighted by molar-refractivity contribution is -0.474. The van der Waals surface area contributed by atoms with E-state index in [9.17, 15) is 57.8 Å². The number of hydrogen-bond donors (Lipinski definition) is 1. The zero-order chi connectivity index (χ0) is 26.7. The molecular formula is C20H24F12O3. The molecule has 0 spiro atoms. The number of alkyl halides is 12. The van der Waals surface area contributed by atoms with E-state index in [2.05, 4.69) is 4.74 Å². The topological polar surface area (TPSA) is 38.7 Å². The van der Waals surface area contributed by atoms with E-state index in [-0.39, 0.29) is 12.8 Å². The molecule has 0 aromatic rings. The Labute approximate surface area is 192 Å². The van der Waals surface area contributed by atoms with Crippen LogP contribution in [-0.4, -0.2) is 53.9 Å². The second kappa shape index (κ2) is 9.10. The van der Waals surface area contributed by atoms with Crippen LogP contribution in [0.1, 0.15) is 57.8 Å². The van der Waals surface area contributed by atoms with Crippen LogP contribution in [0.15, 0.2) is 0 Å². The molecule has 1 N–H and O–H groups in total. The number of aliphatic hydroxyl groups is 1. The lowest BCUT2D eigenvalue weighted by Crippen LogP contribution is -2.69. The van der Waals surface area contributed by atoms with E-state index < -0.39 is 111 Å². The van der Waals surface area contributed by atoms with Gasteiger partial charge in [0.2, 0.25) is 0 Å². The molecule has 206 valence electrons. The first-order chi connectivity index (χ1) is 15.8. The molecule has 1 unspecified atom stereocenters. The molecule has 3 nitrogen and oxygen atoms in total. The Morgan fingerprint density at radius 3 is 1.34 bits per heavy atom. The maximum atomic E-state index is 14.2. The van der Waals surface area contributed by atoms with Crippen LogP contribution in [0.2, 0.25) is 0 Å². The fourth-order valence-corrected chi connectivity index (χ4v) is 5.87. The third kappa shape index (κ3) is 4.85. The summed E-state index contributed by atoms with van der Waals surface area (Å²) in [5.41, 5.74) is -8.46. The Morgan fingerprint density at radius 2 is 1.00 bits per heavy atom. The molecule has 0 amide bonds. The quantitative estimate of drug-likeness (QED) is 0.398. The van der Waals surface area contributed by atoms with E-state index >= 15 is 0 Å². The zero-order valence-electron chi connectivity index (χ0n) is 18.0. The van der Waals surface area contributed by atoms with Gasteiger partial charge in [-0.15, -0.1) is 0 Å². The highest BCUT2D eigenvalue weighted by Crippen LogP contribution is 2.65. The predicted molar refractivity (Wildman–Crippen MR) is 93.7 cm³/mol. The number of hydrogen-bond acceptors (Lipinski definition) is 3. The molecule has 1 heterocycles. The van der Waals surface area contributed by atoms with Gasteiger partial charge in [-0.25, -0.2) is 0 Å². The minimum atomic E-state index is -5.78. The summed E-state index contributed by atoms with van der Waals surface area (Å²) in [6.07, 6.45) is -32.1. The van der Waals surface area contributed by atoms with Gasteiger partial charge in [0.15, 0.2) is 11.7 Å².